The first-order valence-electron chi connectivity index (χ1n) is 17.0. The monoisotopic (exact) mass is 730 g/mol. The van der Waals surface area contributed by atoms with Gasteiger partial charge in [-0.05, 0) is 91.0 Å². The third kappa shape index (κ3) is 8.58. The Morgan fingerprint density at radius 3 is 2.31 bits per heavy atom. The van der Waals surface area contributed by atoms with E-state index in [1.807, 2.05) is 54.2 Å². The molecule has 5 aromatic rings. The molecule has 1 fully saturated rings. The molecule has 1 aliphatic carbocycles. The van der Waals surface area contributed by atoms with E-state index < -0.39 is 17.7 Å². The van der Waals surface area contributed by atoms with Crippen molar-refractivity contribution in [2.24, 2.45) is 0 Å². The van der Waals surface area contributed by atoms with Crippen molar-refractivity contribution in [1.82, 2.24) is 15.2 Å². The number of aromatic nitrogens is 1. The number of benzene rings is 2. The van der Waals surface area contributed by atoms with E-state index in [1.54, 1.807) is 24.3 Å². The van der Waals surface area contributed by atoms with E-state index in [-0.39, 0.29) is 35.9 Å². The number of phenolic OH excluding ortho intramolecular Hbond substituents is 1. The van der Waals surface area contributed by atoms with Crippen molar-refractivity contribution in [3.8, 4) is 5.75 Å². The summed E-state index contributed by atoms with van der Waals surface area (Å²) in [5, 5.41) is 42.8. The standard InChI is InChI=1S/C38H42N4O7S2/c1-42(26-10-12-27(13-11-26)49-37(47)38(48,32-4-2-20-50-32)33-5-3-21-51-33)19-18-35(46)40-25-8-6-24(7-9-25)22-39-23-31(44)28-14-16-30(43)36-29(28)15-17-34(45)41-36/h2-9,14-17,20-21,26-27,31,39,43-44,48H,10-13,18-19,22-23H2,1H3,(H,40,46)(H,41,45)/t26?,27?,31-/m0/s1. The lowest BCUT2D eigenvalue weighted by molar-refractivity contribution is -0.169. The number of aromatic hydroxyl groups is 1. The second-order valence-corrected chi connectivity index (χ2v) is 14.8. The van der Waals surface area contributed by atoms with Gasteiger partial charge < -0.3 is 40.6 Å². The number of pyridine rings is 1. The third-order valence-electron chi connectivity index (χ3n) is 9.45. The van der Waals surface area contributed by atoms with Crippen molar-refractivity contribution >= 4 is 51.1 Å². The highest BCUT2D eigenvalue weighted by atomic mass is 32.1. The Morgan fingerprint density at radius 1 is 0.980 bits per heavy atom. The van der Waals surface area contributed by atoms with Gasteiger partial charge in [-0.3, -0.25) is 9.59 Å². The van der Waals surface area contributed by atoms with E-state index >= 15 is 0 Å². The normalized spacial score (nSPS) is 17.0. The van der Waals surface area contributed by atoms with Crippen LogP contribution < -0.4 is 16.2 Å². The number of fused-ring (bicyclic) bond motifs is 1. The number of nitrogens with one attached hydrogen (secondary N) is 3. The van der Waals surface area contributed by atoms with Crippen LogP contribution in [0.3, 0.4) is 0 Å². The van der Waals surface area contributed by atoms with Gasteiger partial charge in [0.05, 0.1) is 21.4 Å². The summed E-state index contributed by atoms with van der Waals surface area (Å²) in [7, 11) is 2.01. The first kappa shape index (κ1) is 36.4. The maximum absolute atomic E-state index is 13.3. The summed E-state index contributed by atoms with van der Waals surface area (Å²) in [4.78, 5) is 43.7. The Balaban J connectivity index is 0.908. The molecular formula is C38H42N4O7S2. The van der Waals surface area contributed by atoms with Crippen molar-refractivity contribution in [2.75, 3.05) is 25.5 Å². The molecular weight excluding hydrogens is 689 g/mol. The highest BCUT2D eigenvalue weighted by Crippen LogP contribution is 2.38. The van der Waals surface area contributed by atoms with Crippen molar-refractivity contribution in [1.29, 1.82) is 0 Å². The summed E-state index contributed by atoms with van der Waals surface area (Å²) < 4.78 is 5.89. The molecule has 1 atom stereocenters. The number of H-pyrrole nitrogens is 1. The van der Waals surface area contributed by atoms with E-state index in [0.29, 0.717) is 64.3 Å². The topological polar surface area (TPSA) is 164 Å². The molecule has 0 unspecified atom stereocenters. The summed E-state index contributed by atoms with van der Waals surface area (Å²) in [5.41, 5.74) is 0.425. The maximum atomic E-state index is 13.3. The van der Waals surface area contributed by atoms with E-state index in [1.165, 1.54) is 34.8 Å². The fourth-order valence-electron chi connectivity index (χ4n) is 6.53. The lowest BCUT2D eigenvalue weighted by Crippen LogP contribution is -2.42. The van der Waals surface area contributed by atoms with E-state index in [2.05, 4.69) is 20.5 Å². The minimum Gasteiger partial charge on any atom is -0.506 e. The molecule has 11 nitrogen and oxygen atoms in total. The Labute approximate surface area is 303 Å². The number of thiophene rings is 2. The number of phenols is 1. The van der Waals surface area contributed by atoms with Crippen LogP contribution in [0.1, 0.15) is 59.1 Å². The molecule has 0 saturated heterocycles. The van der Waals surface area contributed by atoms with Crippen LogP contribution in [0.5, 0.6) is 5.75 Å². The van der Waals surface area contributed by atoms with Gasteiger partial charge in [-0.25, -0.2) is 4.79 Å². The largest absolute Gasteiger partial charge is 0.506 e. The van der Waals surface area contributed by atoms with Crippen LogP contribution in [0.2, 0.25) is 0 Å². The molecule has 0 aliphatic heterocycles. The molecule has 0 spiro atoms. The van der Waals surface area contributed by atoms with Gasteiger partial charge in [0, 0.05) is 49.2 Å². The number of hydrogen-bond donors (Lipinski definition) is 6. The lowest BCUT2D eigenvalue weighted by atomic mass is 9.91. The molecule has 6 rings (SSSR count). The summed E-state index contributed by atoms with van der Waals surface area (Å²) in [6.45, 7) is 1.34. The zero-order valence-electron chi connectivity index (χ0n) is 28.2. The number of carbonyl (C=O) groups is 2. The number of ether oxygens (including phenoxy) is 1. The second kappa shape index (κ2) is 16.3. The van der Waals surface area contributed by atoms with Crippen molar-refractivity contribution < 1.29 is 29.6 Å². The van der Waals surface area contributed by atoms with Crippen molar-refractivity contribution in [3.05, 3.63) is 115 Å². The third-order valence-corrected chi connectivity index (χ3v) is 11.4. The number of hydrogen-bond acceptors (Lipinski definition) is 11. The van der Waals surface area contributed by atoms with E-state index in [4.69, 9.17) is 4.74 Å². The first-order valence-corrected chi connectivity index (χ1v) is 18.7. The molecule has 51 heavy (non-hydrogen) atoms. The van der Waals surface area contributed by atoms with Crippen LogP contribution in [0.4, 0.5) is 5.69 Å². The number of anilines is 1. The van der Waals surface area contributed by atoms with E-state index in [0.717, 1.165) is 18.4 Å². The van der Waals surface area contributed by atoms with Crippen LogP contribution in [0, 0.1) is 0 Å². The fourth-order valence-corrected chi connectivity index (χ4v) is 8.25. The molecule has 3 aromatic heterocycles. The van der Waals surface area contributed by atoms with Gasteiger partial charge in [-0.2, -0.15) is 0 Å². The number of esters is 1. The second-order valence-electron chi connectivity index (χ2n) is 12.9. The van der Waals surface area contributed by atoms with E-state index in [9.17, 15) is 29.7 Å². The molecule has 268 valence electrons. The first-order chi connectivity index (χ1) is 24.6. The van der Waals surface area contributed by atoms with Crippen LogP contribution in [-0.4, -0.2) is 69.4 Å². The molecule has 0 bridgehead atoms. The highest BCUT2D eigenvalue weighted by Gasteiger charge is 2.45. The highest BCUT2D eigenvalue weighted by molar-refractivity contribution is 7.12. The van der Waals surface area contributed by atoms with Crippen molar-refractivity contribution in [2.45, 2.75) is 62.5 Å². The fraction of sp³-hybridized carbons (Fsp3) is 0.342. The average Bonchev–Trinajstić information content (AvgIpc) is 3.88. The van der Waals surface area contributed by atoms with Crippen LogP contribution in [0.25, 0.3) is 10.9 Å². The van der Waals surface area contributed by atoms with Crippen LogP contribution in [-0.2, 0) is 26.5 Å². The lowest BCUT2D eigenvalue weighted by Gasteiger charge is -2.35. The van der Waals surface area contributed by atoms with Crippen LogP contribution in [0.15, 0.2) is 88.4 Å². The molecule has 6 N–H and O–H groups in total. The number of amides is 1. The van der Waals surface area contributed by atoms with Gasteiger partial charge in [0.1, 0.15) is 11.9 Å². The zero-order chi connectivity index (χ0) is 36.0. The Kier molecular flexibility index (Phi) is 11.7. The van der Waals surface area contributed by atoms with Gasteiger partial charge in [0.25, 0.3) is 0 Å². The summed E-state index contributed by atoms with van der Waals surface area (Å²) in [5.74, 6) is -0.771. The molecule has 3 heterocycles. The van der Waals surface area contributed by atoms with Crippen molar-refractivity contribution in [3.63, 3.8) is 0 Å². The van der Waals surface area contributed by atoms with Gasteiger partial charge in [0.15, 0.2) is 0 Å². The van der Waals surface area contributed by atoms with Gasteiger partial charge >= 0.3 is 5.97 Å². The summed E-state index contributed by atoms with van der Waals surface area (Å²) in [6.07, 6.45) is 2.23. The number of aliphatic hydroxyl groups excluding tert-OH is 1. The average molecular weight is 731 g/mol. The Morgan fingerprint density at radius 2 is 1.67 bits per heavy atom. The predicted molar refractivity (Wildman–Crippen MR) is 199 cm³/mol. The summed E-state index contributed by atoms with van der Waals surface area (Å²) >= 11 is 2.66. The number of rotatable bonds is 14. The van der Waals surface area contributed by atoms with Gasteiger partial charge in [-0.15, -0.1) is 22.7 Å². The SMILES string of the molecule is CN(CCC(=O)Nc1ccc(CNC[C@H](O)c2ccc(O)c3[nH]c(=O)ccc23)cc1)C1CCC(OC(=O)C(O)(c2cccs2)c2cccs2)CC1. The Hall–Kier alpha value is -4.37. The molecule has 0 radical (unpaired) electrons. The Bertz CT molecular complexity index is 1940. The molecule has 2 aromatic carbocycles. The predicted octanol–water partition coefficient (Wildman–Crippen LogP) is 5.23. The molecule has 13 heteroatoms. The quantitative estimate of drug-likeness (QED) is 0.0840. The smallest absolute Gasteiger partial charge is 0.349 e. The molecule has 1 saturated carbocycles. The number of aliphatic hydroxyl groups is 2. The van der Waals surface area contributed by atoms with Crippen LogP contribution >= 0.6 is 22.7 Å². The minimum atomic E-state index is -1.80. The number of carbonyl (C=O) groups excluding carboxylic acids is 2. The van der Waals surface area contributed by atoms with Gasteiger partial charge in [0.2, 0.25) is 17.1 Å². The number of aromatic amines is 1. The summed E-state index contributed by atoms with van der Waals surface area (Å²) in [6, 6.07) is 21.0. The minimum absolute atomic E-state index is 0.0546. The van der Waals surface area contributed by atoms with Gasteiger partial charge in [-0.1, -0.05) is 30.3 Å². The zero-order valence-corrected chi connectivity index (χ0v) is 29.8. The maximum Gasteiger partial charge on any atom is 0.349 e. The molecule has 1 amide bonds. The number of nitrogens with zero attached hydrogens (tertiary/aromatic N) is 1. The molecule has 1 aliphatic rings.